The molecule has 6 nitrogen and oxygen atoms in total. The Morgan fingerprint density at radius 2 is 1.80 bits per heavy atom. The molecular weight excluding hydrogens is 256 g/mol. The second-order valence-corrected chi connectivity index (χ2v) is 7.24. The molecule has 1 N–H and O–H groups in total. The molecule has 4 saturated carbocycles. The molecule has 4 aliphatic carbocycles. The second kappa shape index (κ2) is 4.27. The Morgan fingerprint density at radius 1 is 1.20 bits per heavy atom. The topological polar surface area (TPSA) is 80.9 Å². The molecule has 20 heavy (non-hydrogen) atoms. The molecule has 1 heterocycles. The van der Waals surface area contributed by atoms with E-state index in [0.717, 1.165) is 30.0 Å². The molecule has 0 radical (unpaired) electrons. The van der Waals surface area contributed by atoms with E-state index in [0.29, 0.717) is 5.41 Å². The highest BCUT2D eigenvalue weighted by molar-refractivity contribution is 5.66. The fourth-order valence-corrected chi connectivity index (χ4v) is 5.44. The van der Waals surface area contributed by atoms with Crippen LogP contribution in [0.2, 0.25) is 0 Å². The number of nitrogens with zero attached hydrogens (tertiary/aromatic N) is 4. The molecule has 5 rings (SSSR count). The van der Waals surface area contributed by atoms with Crippen molar-refractivity contribution in [1.82, 2.24) is 20.2 Å². The van der Waals surface area contributed by atoms with Gasteiger partial charge in [0.2, 0.25) is 0 Å². The Kier molecular flexibility index (Phi) is 2.62. The molecule has 4 aliphatic rings. The summed E-state index contributed by atoms with van der Waals surface area (Å²) in [4.78, 5) is 10.9. The zero-order chi connectivity index (χ0) is 13.7. The summed E-state index contributed by atoms with van der Waals surface area (Å²) in [6.45, 7) is -0.130. The molecule has 0 saturated heterocycles. The predicted octanol–water partition coefficient (Wildman–Crippen LogP) is 1.52. The first-order valence-corrected chi connectivity index (χ1v) is 7.59. The standard InChI is InChI=1S/C14H20N4O2/c19-13(20)8-18-12(15-16-17-18)7-14-4-9-1-10(5-14)3-11(2-9)6-14/h9-11H,1-8H2,(H,19,20). The average Bonchev–Trinajstić information content (AvgIpc) is 2.73. The molecule has 0 amide bonds. The van der Waals surface area contributed by atoms with E-state index in [-0.39, 0.29) is 6.54 Å². The summed E-state index contributed by atoms with van der Waals surface area (Å²) in [7, 11) is 0. The zero-order valence-electron chi connectivity index (χ0n) is 11.5. The number of aliphatic carboxylic acids is 1. The molecule has 108 valence electrons. The maximum atomic E-state index is 10.9. The molecule has 0 unspecified atom stereocenters. The lowest BCUT2D eigenvalue weighted by atomic mass is 9.49. The number of hydrogen-bond donors (Lipinski definition) is 1. The summed E-state index contributed by atoms with van der Waals surface area (Å²) in [5.41, 5.74) is 0.347. The van der Waals surface area contributed by atoms with Gasteiger partial charge in [0.1, 0.15) is 6.54 Å². The monoisotopic (exact) mass is 276 g/mol. The Morgan fingerprint density at radius 3 is 2.35 bits per heavy atom. The summed E-state index contributed by atoms with van der Waals surface area (Å²) in [5, 5.41) is 20.5. The summed E-state index contributed by atoms with van der Waals surface area (Å²) in [6.07, 6.45) is 8.98. The normalized spacial score (nSPS) is 38.3. The van der Waals surface area contributed by atoms with Gasteiger partial charge in [0, 0.05) is 6.42 Å². The van der Waals surface area contributed by atoms with E-state index in [2.05, 4.69) is 15.5 Å². The molecule has 4 bridgehead atoms. The van der Waals surface area contributed by atoms with E-state index >= 15 is 0 Å². The molecule has 0 aromatic carbocycles. The third-order valence-corrected chi connectivity index (χ3v) is 5.59. The van der Waals surface area contributed by atoms with Crippen LogP contribution in [0.3, 0.4) is 0 Å². The molecule has 0 aliphatic heterocycles. The fraction of sp³-hybridized carbons (Fsp3) is 0.857. The van der Waals surface area contributed by atoms with Gasteiger partial charge in [0.05, 0.1) is 0 Å². The van der Waals surface area contributed by atoms with Crippen molar-refractivity contribution in [2.75, 3.05) is 0 Å². The quantitative estimate of drug-likeness (QED) is 0.901. The first kappa shape index (κ1) is 12.3. The number of carboxylic acids is 1. The van der Waals surface area contributed by atoms with Crippen molar-refractivity contribution in [2.45, 2.75) is 51.5 Å². The SMILES string of the molecule is O=C(O)Cn1nnnc1CC12CC3CC(CC(C3)C1)C2. The number of hydrogen-bond acceptors (Lipinski definition) is 4. The fourth-order valence-electron chi connectivity index (χ4n) is 5.44. The van der Waals surface area contributed by atoms with Crippen molar-refractivity contribution in [3.63, 3.8) is 0 Å². The minimum atomic E-state index is -0.885. The Balaban J connectivity index is 1.57. The maximum absolute atomic E-state index is 10.9. The predicted molar refractivity (Wildman–Crippen MR) is 69.8 cm³/mol. The van der Waals surface area contributed by atoms with Crippen LogP contribution in [-0.4, -0.2) is 31.3 Å². The van der Waals surface area contributed by atoms with Crippen molar-refractivity contribution in [3.8, 4) is 0 Å². The van der Waals surface area contributed by atoms with Crippen molar-refractivity contribution in [2.24, 2.45) is 23.2 Å². The third-order valence-electron chi connectivity index (χ3n) is 5.59. The van der Waals surface area contributed by atoms with Crippen LogP contribution in [0.15, 0.2) is 0 Å². The van der Waals surface area contributed by atoms with Crippen molar-refractivity contribution in [3.05, 3.63) is 5.82 Å². The van der Waals surface area contributed by atoms with E-state index in [4.69, 9.17) is 5.11 Å². The second-order valence-electron chi connectivity index (χ2n) is 7.24. The number of rotatable bonds is 4. The molecule has 6 heteroatoms. The molecule has 0 atom stereocenters. The smallest absolute Gasteiger partial charge is 0.325 e. The number of carbonyl (C=O) groups is 1. The number of carboxylic acid groups (broad SMARTS) is 1. The lowest BCUT2D eigenvalue weighted by molar-refractivity contribution is -0.138. The molecule has 1 aromatic heterocycles. The van der Waals surface area contributed by atoms with Gasteiger partial charge in [0.25, 0.3) is 0 Å². The molecule has 1 aromatic rings. The van der Waals surface area contributed by atoms with E-state index in [1.54, 1.807) is 0 Å². The largest absolute Gasteiger partial charge is 0.480 e. The summed E-state index contributed by atoms with van der Waals surface area (Å²) in [6, 6.07) is 0. The highest BCUT2D eigenvalue weighted by atomic mass is 16.4. The van der Waals surface area contributed by atoms with Crippen LogP contribution in [-0.2, 0) is 17.8 Å². The summed E-state index contributed by atoms with van der Waals surface area (Å²) >= 11 is 0. The van der Waals surface area contributed by atoms with Crippen LogP contribution in [0, 0.1) is 23.2 Å². The van der Waals surface area contributed by atoms with Crippen LogP contribution < -0.4 is 0 Å². The molecule has 0 spiro atoms. The minimum absolute atomic E-state index is 0.130. The Hall–Kier alpha value is -1.46. The van der Waals surface area contributed by atoms with E-state index in [1.807, 2.05) is 0 Å². The zero-order valence-corrected chi connectivity index (χ0v) is 11.5. The van der Waals surface area contributed by atoms with Crippen LogP contribution in [0.4, 0.5) is 0 Å². The Bertz CT molecular complexity index is 504. The third kappa shape index (κ3) is 2.01. The van der Waals surface area contributed by atoms with E-state index in [9.17, 15) is 4.79 Å². The Labute approximate surface area is 117 Å². The van der Waals surface area contributed by atoms with E-state index in [1.165, 1.54) is 43.2 Å². The summed E-state index contributed by atoms with van der Waals surface area (Å²) in [5.74, 6) is 2.55. The minimum Gasteiger partial charge on any atom is -0.480 e. The van der Waals surface area contributed by atoms with Crippen LogP contribution >= 0.6 is 0 Å². The van der Waals surface area contributed by atoms with Gasteiger partial charge in [-0.1, -0.05) is 0 Å². The highest BCUT2D eigenvalue weighted by Gasteiger charge is 2.51. The number of tetrazole rings is 1. The first-order valence-electron chi connectivity index (χ1n) is 7.59. The van der Waals surface area contributed by atoms with Gasteiger partial charge >= 0.3 is 5.97 Å². The summed E-state index contributed by atoms with van der Waals surface area (Å²) < 4.78 is 1.46. The van der Waals surface area contributed by atoms with Crippen LogP contribution in [0.5, 0.6) is 0 Å². The van der Waals surface area contributed by atoms with Gasteiger partial charge in [-0.25, -0.2) is 4.68 Å². The van der Waals surface area contributed by atoms with Crippen molar-refractivity contribution < 1.29 is 9.90 Å². The number of aromatic nitrogens is 4. The van der Waals surface area contributed by atoms with Gasteiger partial charge in [-0.2, -0.15) is 0 Å². The molecular formula is C14H20N4O2. The van der Waals surface area contributed by atoms with Gasteiger partial charge < -0.3 is 5.11 Å². The van der Waals surface area contributed by atoms with Crippen molar-refractivity contribution >= 4 is 5.97 Å². The lowest BCUT2D eigenvalue weighted by Crippen LogP contribution is -2.47. The van der Waals surface area contributed by atoms with Crippen molar-refractivity contribution in [1.29, 1.82) is 0 Å². The first-order chi connectivity index (χ1) is 9.62. The van der Waals surface area contributed by atoms with Crippen LogP contribution in [0.25, 0.3) is 0 Å². The highest BCUT2D eigenvalue weighted by Crippen LogP contribution is 2.60. The molecule has 4 fully saturated rings. The van der Waals surface area contributed by atoms with Gasteiger partial charge in [-0.3, -0.25) is 4.79 Å². The van der Waals surface area contributed by atoms with Crippen LogP contribution in [0.1, 0.15) is 44.3 Å². The maximum Gasteiger partial charge on any atom is 0.325 e. The van der Waals surface area contributed by atoms with Gasteiger partial charge in [-0.05, 0) is 72.1 Å². The van der Waals surface area contributed by atoms with Gasteiger partial charge in [0.15, 0.2) is 5.82 Å². The van der Waals surface area contributed by atoms with Gasteiger partial charge in [-0.15, -0.1) is 5.10 Å². The van der Waals surface area contributed by atoms with E-state index < -0.39 is 5.97 Å². The lowest BCUT2D eigenvalue weighted by Gasteiger charge is -2.56. The average molecular weight is 276 g/mol.